The van der Waals surface area contributed by atoms with Gasteiger partial charge in [-0.3, -0.25) is 14.8 Å². The van der Waals surface area contributed by atoms with Gasteiger partial charge in [0, 0.05) is 37.8 Å². The summed E-state index contributed by atoms with van der Waals surface area (Å²) in [5.41, 5.74) is 0.937. The van der Waals surface area contributed by atoms with E-state index in [2.05, 4.69) is 39.1 Å². The lowest BCUT2D eigenvalue weighted by atomic mass is 9.94. The van der Waals surface area contributed by atoms with Crippen LogP contribution in [0.2, 0.25) is 0 Å². The Labute approximate surface area is 147 Å². The standard InChI is InChI=1S/C18H24N6O/c1-13(2)8-18(25)24-7-3-4-14(12-24)15-9-22-17(11-21-15)23-16-10-19-5-6-20-16/h5-6,9-11,13-14H,3-4,7-8,12H2,1-2H3,(H,20,22,23)/t14-/m0/s1. The highest BCUT2D eigenvalue weighted by Crippen LogP contribution is 2.26. The molecule has 0 spiro atoms. The van der Waals surface area contributed by atoms with Crippen LogP contribution in [0.25, 0.3) is 0 Å². The smallest absolute Gasteiger partial charge is 0.222 e. The zero-order valence-corrected chi connectivity index (χ0v) is 14.7. The van der Waals surface area contributed by atoms with Crippen molar-refractivity contribution in [2.24, 2.45) is 5.92 Å². The van der Waals surface area contributed by atoms with Gasteiger partial charge in [0.1, 0.15) is 11.6 Å². The molecule has 1 atom stereocenters. The van der Waals surface area contributed by atoms with Crippen LogP contribution in [-0.4, -0.2) is 43.8 Å². The van der Waals surface area contributed by atoms with E-state index in [4.69, 9.17) is 0 Å². The topological polar surface area (TPSA) is 83.9 Å². The van der Waals surface area contributed by atoms with Crippen LogP contribution in [0.5, 0.6) is 0 Å². The van der Waals surface area contributed by atoms with Crippen molar-refractivity contribution in [1.29, 1.82) is 0 Å². The number of rotatable bonds is 5. The molecule has 7 heteroatoms. The number of nitrogens with one attached hydrogen (secondary N) is 1. The summed E-state index contributed by atoms with van der Waals surface area (Å²) in [5, 5.41) is 3.07. The van der Waals surface area contributed by atoms with Crippen molar-refractivity contribution in [3.05, 3.63) is 36.7 Å². The normalized spacial score (nSPS) is 17.6. The largest absolute Gasteiger partial charge is 0.342 e. The number of hydrogen-bond acceptors (Lipinski definition) is 6. The fraction of sp³-hybridized carbons (Fsp3) is 0.500. The van der Waals surface area contributed by atoms with Crippen molar-refractivity contribution < 1.29 is 4.79 Å². The summed E-state index contributed by atoms with van der Waals surface area (Å²) in [5.74, 6) is 2.15. The second kappa shape index (κ2) is 8.00. The van der Waals surface area contributed by atoms with Crippen LogP contribution in [0.3, 0.4) is 0 Å². The Bertz CT molecular complexity index is 688. The molecule has 0 aromatic carbocycles. The fourth-order valence-electron chi connectivity index (χ4n) is 3.03. The molecule has 7 nitrogen and oxygen atoms in total. The molecular weight excluding hydrogens is 316 g/mol. The van der Waals surface area contributed by atoms with Crippen molar-refractivity contribution in [2.75, 3.05) is 18.4 Å². The van der Waals surface area contributed by atoms with Gasteiger partial charge in [0.05, 0.1) is 24.3 Å². The summed E-state index contributed by atoms with van der Waals surface area (Å²) in [6.07, 6.45) is 11.0. The number of aromatic nitrogens is 4. The maximum absolute atomic E-state index is 12.3. The molecule has 1 aliphatic rings. The third-order valence-corrected chi connectivity index (χ3v) is 4.27. The lowest BCUT2D eigenvalue weighted by Crippen LogP contribution is -2.39. The Balaban J connectivity index is 1.62. The molecule has 1 amide bonds. The Morgan fingerprint density at radius 1 is 1.20 bits per heavy atom. The van der Waals surface area contributed by atoms with Crippen molar-refractivity contribution in [2.45, 2.75) is 39.0 Å². The van der Waals surface area contributed by atoms with Gasteiger partial charge in [-0.25, -0.2) is 9.97 Å². The number of carbonyl (C=O) groups is 1. The summed E-state index contributed by atoms with van der Waals surface area (Å²) < 4.78 is 0. The molecule has 1 N–H and O–H groups in total. The van der Waals surface area contributed by atoms with Gasteiger partial charge in [-0.2, -0.15) is 0 Å². The lowest BCUT2D eigenvalue weighted by molar-refractivity contribution is -0.133. The number of anilines is 2. The number of amides is 1. The molecule has 0 saturated carbocycles. The van der Waals surface area contributed by atoms with E-state index in [1.165, 1.54) is 0 Å². The molecule has 0 unspecified atom stereocenters. The summed E-state index contributed by atoms with van der Waals surface area (Å²) in [7, 11) is 0. The highest BCUT2D eigenvalue weighted by atomic mass is 16.2. The zero-order valence-electron chi connectivity index (χ0n) is 14.7. The van der Waals surface area contributed by atoms with Crippen molar-refractivity contribution in [1.82, 2.24) is 24.8 Å². The van der Waals surface area contributed by atoms with Gasteiger partial charge in [-0.15, -0.1) is 0 Å². The fourth-order valence-corrected chi connectivity index (χ4v) is 3.03. The second-order valence-electron chi connectivity index (χ2n) is 6.82. The molecule has 1 saturated heterocycles. The number of carbonyl (C=O) groups excluding carboxylic acids is 1. The molecule has 2 aromatic rings. The molecule has 25 heavy (non-hydrogen) atoms. The van der Waals surface area contributed by atoms with Crippen LogP contribution in [0.1, 0.15) is 44.7 Å². The highest BCUT2D eigenvalue weighted by Gasteiger charge is 2.26. The van der Waals surface area contributed by atoms with E-state index in [0.29, 0.717) is 24.0 Å². The first-order valence-corrected chi connectivity index (χ1v) is 8.74. The van der Waals surface area contributed by atoms with Gasteiger partial charge in [0.2, 0.25) is 5.91 Å². The molecule has 2 aromatic heterocycles. The average Bonchev–Trinajstić information content (AvgIpc) is 2.63. The molecule has 0 radical (unpaired) electrons. The van der Waals surface area contributed by atoms with E-state index in [9.17, 15) is 4.79 Å². The van der Waals surface area contributed by atoms with Crippen LogP contribution < -0.4 is 5.32 Å². The lowest BCUT2D eigenvalue weighted by Gasteiger charge is -2.33. The summed E-state index contributed by atoms with van der Waals surface area (Å²) in [4.78, 5) is 31.4. The molecular formula is C18H24N6O. The van der Waals surface area contributed by atoms with E-state index in [1.54, 1.807) is 31.0 Å². The molecule has 132 valence electrons. The third-order valence-electron chi connectivity index (χ3n) is 4.27. The molecule has 1 fully saturated rings. The first-order valence-electron chi connectivity index (χ1n) is 8.74. The van der Waals surface area contributed by atoms with Crippen LogP contribution in [0, 0.1) is 5.92 Å². The number of piperidine rings is 1. The Hall–Kier alpha value is -2.57. The van der Waals surface area contributed by atoms with Gasteiger partial charge in [0.15, 0.2) is 0 Å². The molecule has 3 heterocycles. The summed E-state index contributed by atoms with van der Waals surface area (Å²) >= 11 is 0. The SMILES string of the molecule is CC(C)CC(=O)N1CCC[C@H](c2cnc(Nc3cnccn3)cn2)C1. The van der Waals surface area contributed by atoms with Crippen molar-refractivity contribution >= 4 is 17.5 Å². The van der Waals surface area contributed by atoms with Crippen LogP contribution in [0.4, 0.5) is 11.6 Å². The minimum atomic E-state index is 0.244. The predicted octanol–water partition coefficient (Wildman–Crippen LogP) is 2.76. The summed E-state index contributed by atoms with van der Waals surface area (Å²) in [6.45, 7) is 5.74. The van der Waals surface area contributed by atoms with Crippen molar-refractivity contribution in [3.8, 4) is 0 Å². The van der Waals surface area contributed by atoms with Crippen LogP contribution >= 0.6 is 0 Å². The first kappa shape index (κ1) is 17.3. The van der Waals surface area contributed by atoms with E-state index in [1.807, 2.05) is 4.90 Å². The minimum Gasteiger partial charge on any atom is -0.342 e. The van der Waals surface area contributed by atoms with Gasteiger partial charge in [0.25, 0.3) is 0 Å². The monoisotopic (exact) mass is 340 g/mol. The maximum atomic E-state index is 12.3. The Kier molecular flexibility index (Phi) is 5.53. The van der Waals surface area contributed by atoms with Crippen LogP contribution in [0.15, 0.2) is 31.0 Å². The number of hydrogen-bond donors (Lipinski definition) is 1. The maximum Gasteiger partial charge on any atom is 0.222 e. The predicted molar refractivity (Wildman–Crippen MR) is 95.4 cm³/mol. The minimum absolute atomic E-state index is 0.244. The summed E-state index contributed by atoms with van der Waals surface area (Å²) in [6, 6.07) is 0. The average molecular weight is 340 g/mol. The van der Waals surface area contributed by atoms with Gasteiger partial charge < -0.3 is 10.2 Å². The van der Waals surface area contributed by atoms with Gasteiger partial charge in [-0.05, 0) is 18.8 Å². The molecule has 3 rings (SSSR count). The number of likely N-dealkylation sites (tertiary alicyclic amines) is 1. The van der Waals surface area contributed by atoms with E-state index < -0.39 is 0 Å². The van der Waals surface area contributed by atoms with E-state index in [-0.39, 0.29) is 11.8 Å². The van der Waals surface area contributed by atoms with E-state index >= 15 is 0 Å². The second-order valence-corrected chi connectivity index (χ2v) is 6.82. The van der Waals surface area contributed by atoms with E-state index in [0.717, 1.165) is 31.6 Å². The Morgan fingerprint density at radius 3 is 2.72 bits per heavy atom. The van der Waals surface area contributed by atoms with Crippen LogP contribution in [-0.2, 0) is 4.79 Å². The molecule has 0 aliphatic carbocycles. The zero-order chi connectivity index (χ0) is 17.6. The Morgan fingerprint density at radius 2 is 2.04 bits per heavy atom. The van der Waals surface area contributed by atoms with Gasteiger partial charge >= 0.3 is 0 Å². The number of nitrogens with zero attached hydrogens (tertiary/aromatic N) is 5. The highest BCUT2D eigenvalue weighted by molar-refractivity contribution is 5.76. The third kappa shape index (κ3) is 4.71. The molecule has 0 bridgehead atoms. The van der Waals surface area contributed by atoms with Crippen molar-refractivity contribution in [3.63, 3.8) is 0 Å². The molecule has 1 aliphatic heterocycles. The van der Waals surface area contributed by atoms with Gasteiger partial charge in [-0.1, -0.05) is 13.8 Å². The first-order chi connectivity index (χ1) is 12.1. The quantitative estimate of drug-likeness (QED) is 0.901.